The van der Waals surface area contributed by atoms with Crippen molar-refractivity contribution in [3.63, 3.8) is 0 Å². The first-order chi connectivity index (χ1) is 9.13. The first kappa shape index (κ1) is 16.5. The van der Waals surface area contributed by atoms with Crippen LogP contribution < -0.4 is 10.5 Å². The van der Waals surface area contributed by atoms with Gasteiger partial charge in [0.2, 0.25) is 0 Å². The van der Waals surface area contributed by atoms with Crippen LogP contribution in [-0.2, 0) is 6.54 Å². The maximum Gasteiger partial charge on any atom is 0.119 e. The standard InChI is InChI=1S/C17H21NO.ClH/c1-12(2)14-5-4-6-15(9-14)16-7-13(11-18)8-17(10-16)19-3;/h4-10,12H,11,18H2,1-3H3;1H. The first-order valence-electron chi connectivity index (χ1n) is 6.62. The molecule has 0 radical (unpaired) electrons. The van der Waals surface area contributed by atoms with Gasteiger partial charge in [-0.2, -0.15) is 0 Å². The van der Waals surface area contributed by atoms with Crippen molar-refractivity contribution in [3.05, 3.63) is 53.6 Å². The topological polar surface area (TPSA) is 35.2 Å². The van der Waals surface area contributed by atoms with E-state index < -0.39 is 0 Å². The molecule has 0 aliphatic heterocycles. The highest BCUT2D eigenvalue weighted by Gasteiger charge is 2.05. The second-order valence-corrected chi connectivity index (χ2v) is 5.05. The van der Waals surface area contributed by atoms with Crippen LogP contribution in [0.2, 0.25) is 0 Å². The van der Waals surface area contributed by atoms with Crippen LogP contribution in [-0.4, -0.2) is 7.11 Å². The third-order valence-corrected chi connectivity index (χ3v) is 3.32. The third kappa shape index (κ3) is 3.75. The number of halogens is 1. The van der Waals surface area contributed by atoms with Crippen LogP contribution >= 0.6 is 12.4 Å². The highest BCUT2D eigenvalue weighted by atomic mass is 35.5. The molecule has 108 valence electrons. The predicted octanol–water partition coefficient (Wildman–Crippen LogP) is 4.37. The average Bonchev–Trinajstić information content (AvgIpc) is 2.46. The van der Waals surface area contributed by atoms with Crippen molar-refractivity contribution in [2.75, 3.05) is 7.11 Å². The quantitative estimate of drug-likeness (QED) is 0.908. The van der Waals surface area contributed by atoms with Crippen molar-refractivity contribution in [2.24, 2.45) is 5.73 Å². The Morgan fingerprint density at radius 1 is 1.05 bits per heavy atom. The lowest BCUT2D eigenvalue weighted by molar-refractivity contribution is 0.414. The van der Waals surface area contributed by atoms with Gasteiger partial charge in [0.1, 0.15) is 5.75 Å². The SMILES string of the molecule is COc1cc(CN)cc(-c2cccc(C(C)C)c2)c1.Cl. The molecule has 3 heteroatoms. The minimum atomic E-state index is 0. The van der Waals surface area contributed by atoms with E-state index in [0.717, 1.165) is 16.9 Å². The van der Waals surface area contributed by atoms with Crippen molar-refractivity contribution in [3.8, 4) is 16.9 Å². The highest BCUT2D eigenvalue weighted by Crippen LogP contribution is 2.28. The molecule has 0 saturated carbocycles. The molecule has 0 atom stereocenters. The van der Waals surface area contributed by atoms with E-state index in [4.69, 9.17) is 10.5 Å². The summed E-state index contributed by atoms with van der Waals surface area (Å²) in [4.78, 5) is 0. The van der Waals surface area contributed by atoms with Crippen LogP contribution in [0.4, 0.5) is 0 Å². The number of hydrogen-bond acceptors (Lipinski definition) is 2. The molecule has 0 aliphatic carbocycles. The van der Waals surface area contributed by atoms with E-state index >= 15 is 0 Å². The largest absolute Gasteiger partial charge is 0.497 e. The van der Waals surface area contributed by atoms with Crippen LogP contribution in [0, 0.1) is 0 Å². The summed E-state index contributed by atoms with van der Waals surface area (Å²) in [5, 5.41) is 0. The fraction of sp³-hybridized carbons (Fsp3) is 0.294. The van der Waals surface area contributed by atoms with Gasteiger partial charge in [-0.05, 0) is 46.4 Å². The van der Waals surface area contributed by atoms with Gasteiger partial charge in [0.05, 0.1) is 7.11 Å². The van der Waals surface area contributed by atoms with Crippen LogP contribution in [0.5, 0.6) is 5.75 Å². The monoisotopic (exact) mass is 291 g/mol. The maximum atomic E-state index is 5.74. The van der Waals surface area contributed by atoms with Gasteiger partial charge in [0, 0.05) is 6.54 Å². The second kappa shape index (κ2) is 7.32. The summed E-state index contributed by atoms with van der Waals surface area (Å²) in [5.74, 6) is 1.38. The fourth-order valence-corrected chi connectivity index (χ4v) is 2.14. The minimum Gasteiger partial charge on any atom is -0.497 e. The zero-order valence-corrected chi connectivity index (χ0v) is 13.0. The van der Waals surface area contributed by atoms with Crippen molar-refractivity contribution in [1.82, 2.24) is 0 Å². The molecule has 2 nitrogen and oxygen atoms in total. The average molecular weight is 292 g/mol. The molecule has 0 aromatic heterocycles. The Morgan fingerprint density at radius 3 is 2.40 bits per heavy atom. The van der Waals surface area contributed by atoms with Gasteiger partial charge >= 0.3 is 0 Å². The summed E-state index contributed by atoms with van der Waals surface area (Å²) in [7, 11) is 1.68. The Balaban J connectivity index is 0.00000200. The molecule has 2 aromatic rings. The summed E-state index contributed by atoms with van der Waals surface area (Å²) >= 11 is 0. The normalized spacial score (nSPS) is 10.2. The Hall–Kier alpha value is -1.51. The number of nitrogens with two attached hydrogens (primary N) is 1. The lowest BCUT2D eigenvalue weighted by Gasteiger charge is -2.11. The minimum absolute atomic E-state index is 0. The van der Waals surface area contributed by atoms with Gasteiger partial charge < -0.3 is 10.5 Å². The number of hydrogen-bond donors (Lipinski definition) is 1. The van der Waals surface area contributed by atoms with E-state index in [-0.39, 0.29) is 12.4 Å². The van der Waals surface area contributed by atoms with Crippen molar-refractivity contribution >= 4 is 12.4 Å². The van der Waals surface area contributed by atoms with Gasteiger partial charge in [-0.3, -0.25) is 0 Å². The summed E-state index contributed by atoms with van der Waals surface area (Å²) in [6.45, 7) is 4.93. The van der Waals surface area contributed by atoms with Crippen molar-refractivity contribution in [2.45, 2.75) is 26.3 Å². The molecule has 20 heavy (non-hydrogen) atoms. The summed E-state index contributed by atoms with van der Waals surface area (Å²) in [6.07, 6.45) is 0. The van der Waals surface area contributed by atoms with Crippen LogP contribution in [0.25, 0.3) is 11.1 Å². The van der Waals surface area contributed by atoms with Gasteiger partial charge in [-0.1, -0.05) is 38.1 Å². The molecule has 0 fully saturated rings. The Kier molecular flexibility index (Phi) is 6.05. The molecule has 0 bridgehead atoms. The molecule has 0 unspecified atom stereocenters. The summed E-state index contributed by atoms with van der Waals surface area (Å²) in [5.41, 5.74) is 10.5. The number of benzene rings is 2. The van der Waals surface area contributed by atoms with E-state index in [1.165, 1.54) is 11.1 Å². The first-order valence-corrected chi connectivity index (χ1v) is 6.62. The van der Waals surface area contributed by atoms with Crippen LogP contribution in [0.3, 0.4) is 0 Å². The van der Waals surface area contributed by atoms with Crippen molar-refractivity contribution in [1.29, 1.82) is 0 Å². The molecule has 0 heterocycles. The zero-order valence-electron chi connectivity index (χ0n) is 12.2. The van der Waals surface area contributed by atoms with Crippen LogP contribution in [0.1, 0.15) is 30.9 Å². The maximum absolute atomic E-state index is 5.74. The van der Waals surface area contributed by atoms with E-state index in [9.17, 15) is 0 Å². The molecular formula is C17H22ClNO. The molecule has 0 aliphatic rings. The van der Waals surface area contributed by atoms with E-state index in [2.05, 4.69) is 50.2 Å². The van der Waals surface area contributed by atoms with Gasteiger partial charge in [0.15, 0.2) is 0 Å². The molecule has 0 amide bonds. The predicted molar refractivity (Wildman–Crippen MR) is 87.7 cm³/mol. The molecule has 0 saturated heterocycles. The Morgan fingerprint density at radius 2 is 1.80 bits per heavy atom. The number of methoxy groups -OCH3 is 1. The number of ether oxygens (including phenoxy) is 1. The van der Waals surface area contributed by atoms with Gasteiger partial charge in [-0.25, -0.2) is 0 Å². The van der Waals surface area contributed by atoms with E-state index in [1.807, 2.05) is 6.07 Å². The lowest BCUT2D eigenvalue weighted by Crippen LogP contribution is -1.97. The lowest BCUT2D eigenvalue weighted by atomic mass is 9.96. The Bertz CT molecular complexity index is 544. The zero-order chi connectivity index (χ0) is 13.8. The van der Waals surface area contributed by atoms with Crippen molar-refractivity contribution < 1.29 is 4.74 Å². The van der Waals surface area contributed by atoms with Gasteiger partial charge in [0.25, 0.3) is 0 Å². The molecule has 2 rings (SSSR count). The van der Waals surface area contributed by atoms with Crippen LogP contribution in [0.15, 0.2) is 42.5 Å². The molecule has 2 N–H and O–H groups in total. The number of rotatable bonds is 4. The molecular weight excluding hydrogens is 270 g/mol. The summed E-state index contributed by atoms with van der Waals surface area (Å²) < 4.78 is 5.34. The highest BCUT2D eigenvalue weighted by molar-refractivity contribution is 5.85. The smallest absolute Gasteiger partial charge is 0.119 e. The molecule has 0 spiro atoms. The van der Waals surface area contributed by atoms with E-state index in [0.29, 0.717) is 12.5 Å². The molecule has 2 aromatic carbocycles. The van der Waals surface area contributed by atoms with Gasteiger partial charge in [-0.15, -0.1) is 12.4 Å². The summed E-state index contributed by atoms with van der Waals surface area (Å²) in [6, 6.07) is 14.8. The Labute approximate surface area is 127 Å². The third-order valence-electron chi connectivity index (χ3n) is 3.32. The fourth-order valence-electron chi connectivity index (χ4n) is 2.14. The second-order valence-electron chi connectivity index (χ2n) is 5.05. The van der Waals surface area contributed by atoms with E-state index in [1.54, 1.807) is 7.11 Å².